The Hall–Kier alpha value is -2.17. The van der Waals surface area contributed by atoms with Gasteiger partial charge in [0.05, 0.1) is 23.2 Å². The Morgan fingerprint density at radius 3 is 2.20 bits per heavy atom. The second kappa shape index (κ2) is 11.5. The highest BCUT2D eigenvalue weighted by Crippen LogP contribution is 2.61. The number of anilines is 2. The Morgan fingerprint density at radius 1 is 1.02 bits per heavy atom. The van der Waals surface area contributed by atoms with Crippen LogP contribution >= 0.6 is 46.4 Å². The average Bonchev–Trinajstić information content (AvgIpc) is 3.46. The van der Waals surface area contributed by atoms with E-state index in [1.165, 1.54) is 40.1 Å². The number of benzene rings is 2. The number of alkyl halides is 2. The monoisotopic (exact) mass is 703 g/mol. The molecule has 45 heavy (non-hydrogen) atoms. The van der Waals surface area contributed by atoms with Gasteiger partial charge in [0.2, 0.25) is 5.91 Å². The van der Waals surface area contributed by atoms with Crippen molar-refractivity contribution < 1.29 is 28.3 Å². The van der Waals surface area contributed by atoms with Crippen LogP contribution in [0.15, 0.2) is 30.3 Å². The molecule has 2 amide bonds. The fourth-order valence-corrected chi connectivity index (χ4v) is 8.91. The number of nitrogens with zero attached hydrogens (tertiary/aromatic N) is 2. The molecule has 3 aliphatic rings. The molecular weight excluding hydrogens is 670 g/mol. The summed E-state index contributed by atoms with van der Waals surface area (Å²) < 4.78 is 30.6. The van der Waals surface area contributed by atoms with Crippen LogP contribution in [-0.2, 0) is 19.9 Å². The minimum atomic E-state index is -3.31. The number of hydrogen-bond donors (Lipinski definition) is 2. The van der Waals surface area contributed by atoms with E-state index in [0.29, 0.717) is 12.1 Å². The third-order valence-electron chi connectivity index (χ3n) is 9.51. The Labute approximate surface area is 281 Å². The summed E-state index contributed by atoms with van der Waals surface area (Å²) in [5, 5.41) is 14.0. The standard InChI is InChI=1S/C32H35Cl4F2N3O4/c1-6-29(2,3)13-30(4,5)14-40(19-8-16(33)7-17(34)9-19)26(42)23-22-12-31(37,38)15-41(22)32(24(23)27(43)44)20-10-18(35)11-21(36)25(20)39-28(32)45/h7-11,22-24H,6,12-15H2,1-5H3,(H,39,45)(H,43,44)/t22-,23+,24-,32+/m1/s1. The molecular formula is C32H35Cl4F2N3O4. The molecule has 2 aromatic carbocycles. The first-order valence-corrected chi connectivity index (χ1v) is 16.2. The van der Waals surface area contributed by atoms with E-state index in [-0.39, 0.29) is 43.3 Å². The highest BCUT2D eigenvalue weighted by atomic mass is 35.5. The Morgan fingerprint density at radius 2 is 1.62 bits per heavy atom. The van der Waals surface area contributed by atoms with E-state index in [0.717, 1.165) is 6.42 Å². The topological polar surface area (TPSA) is 90.0 Å². The van der Waals surface area contributed by atoms with E-state index in [1.54, 1.807) is 0 Å². The molecule has 3 aliphatic heterocycles. The molecule has 3 heterocycles. The second-order valence-corrected chi connectivity index (χ2v) is 15.8. The quantitative estimate of drug-likeness (QED) is 0.288. The lowest BCUT2D eigenvalue weighted by Gasteiger charge is -2.40. The predicted molar refractivity (Wildman–Crippen MR) is 173 cm³/mol. The predicted octanol–water partition coefficient (Wildman–Crippen LogP) is 8.37. The number of carboxylic acid groups (broad SMARTS) is 1. The number of fused-ring (bicyclic) bond motifs is 4. The Bertz CT molecular complexity index is 1570. The van der Waals surface area contributed by atoms with Gasteiger partial charge >= 0.3 is 5.97 Å². The Kier molecular flexibility index (Phi) is 8.74. The number of amides is 2. The summed E-state index contributed by atoms with van der Waals surface area (Å²) in [6.07, 6.45) is 0.736. The molecule has 4 atom stereocenters. The molecule has 2 fully saturated rings. The van der Waals surface area contributed by atoms with Gasteiger partial charge in [-0.15, -0.1) is 0 Å². The molecule has 0 aromatic heterocycles. The van der Waals surface area contributed by atoms with Gasteiger partial charge in [0.25, 0.3) is 11.8 Å². The van der Waals surface area contributed by atoms with E-state index in [9.17, 15) is 19.5 Å². The van der Waals surface area contributed by atoms with Crippen molar-refractivity contribution in [3.63, 3.8) is 0 Å². The molecule has 2 N–H and O–H groups in total. The molecule has 0 saturated carbocycles. The average molecular weight is 705 g/mol. The fraction of sp³-hybridized carbons (Fsp3) is 0.531. The van der Waals surface area contributed by atoms with Crippen molar-refractivity contribution in [2.75, 3.05) is 23.3 Å². The van der Waals surface area contributed by atoms with E-state index in [1.807, 2.05) is 13.8 Å². The van der Waals surface area contributed by atoms with E-state index >= 15 is 8.78 Å². The highest BCUT2D eigenvalue weighted by Gasteiger charge is 2.75. The minimum Gasteiger partial charge on any atom is -0.481 e. The van der Waals surface area contributed by atoms with Gasteiger partial charge in [0, 0.05) is 45.3 Å². The highest BCUT2D eigenvalue weighted by molar-refractivity contribution is 6.38. The van der Waals surface area contributed by atoms with Crippen molar-refractivity contribution in [2.45, 2.75) is 71.4 Å². The number of halogens is 6. The van der Waals surface area contributed by atoms with Gasteiger partial charge < -0.3 is 15.3 Å². The third-order valence-corrected chi connectivity index (χ3v) is 10.5. The maximum Gasteiger partial charge on any atom is 0.310 e. The zero-order valence-corrected chi connectivity index (χ0v) is 28.5. The SMILES string of the molecule is CCC(C)(C)CC(C)(C)CN(C(=O)[C@H]1[C@H]2CC(F)(F)CN2[C@]2(C(=O)Nc3c(Cl)cc(Cl)cc32)[C@H]1C(=O)O)c1cc(Cl)cc(Cl)c1. The van der Waals surface area contributed by atoms with Crippen LogP contribution in [0.3, 0.4) is 0 Å². The number of aliphatic carboxylic acids is 1. The van der Waals surface area contributed by atoms with Crippen LogP contribution in [0.4, 0.5) is 20.2 Å². The first kappa shape index (κ1) is 34.2. The third kappa shape index (κ3) is 5.93. The number of rotatable bonds is 8. The lowest BCUT2D eigenvalue weighted by molar-refractivity contribution is -0.153. The molecule has 0 bridgehead atoms. The van der Waals surface area contributed by atoms with Crippen LogP contribution in [-0.4, -0.2) is 52.8 Å². The molecule has 2 aromatic rings. The van der Waals surface area contributed by atoms with E-state index < -0.39 is 65.5 Å². The van der Waals surface area contributed by atoms with Gasteiger partial charge in [-0.1, -0.05) is 87.4 Å². The summed E-state index contributed by atoms with van der Waals surface area (Å²) in [6.45, 7) is 9.45. The summed E-state index contributed by atoms with van der Waals surface area (Å²) in [6, 6.07) is 6.00. The molecule has 5 rings (SSSR count). The largest absolute Gasteiger partial charge is 0.481 e. The number of hydrogen-bond acceptors (Lipinski definition) is 4. The summed E-state index contributed by atoms with van der Waals surface area (Å²) in [7, 11) is 0. The maximum atomic E-state index is 15.3. The van der Waals surface area contributed by atoms with E-state index in [4.69, 9.17) is 46.4 Å². The van der Waals surface area contributed by atoms with Crippen LogP contribution in [0.2, 0.25) is 20.1 Å². The van der Waals surface area contributed by atoms with E-state index in [2.05, 4.69) is 26.1 Å². The summed E-state index contributed by atoms with van der Waals surface area (Å²) in [5.41, 5.74) is -2.35. The fourth-order valence-electron chi connectivity index (χ4n) is 7.86. The summed E-state index contributed by atoms with van der Waals surface area (Å²) in [5.74, 6) is -9.68. The van der Waals surface area contributed by atoms with Crippen molar-refractivity contribution in [1.82, 2.24) is 4.90 Å². The molecule has 1 spiro atoms. The normalized spacial score (nSPS) is 25.8. The smallest absolute Gasteiger partial charge is 0.310 e. The lowest BCUT2D eigenvalue weighted by Crippen LogP contribution is -2.54. The molecule has 0 radical (unpaired) electrons. The van der Waals surface area contributed by atoms with Gasteiger partial charge in [-0.2, -0.15) is 0 Å². The van der Waals surface area contributed by atoms with Gasteiger partial charge in [-0.05, 0) is 47.6 Å². The molecule has 244 valence electrons. The van der Waals surface area contributed by atoms with Crippen LogP contribution in [0, 0.1) is 22.7 Å². The number of carbonyl (C=O) groups excluding carboxylic acids is 2. The molecule has 0 unspecified atom stereocenters. The Balaban J connectivity index is 1.71. The first-order chi connectivity index (χ1) is 20.7. The van der Waals surface area contributed by atoms with Crippen molar-refractivity contribution in [2.24, 2.45) is 22.7 Å². The van der Waals surface area contributed by atoms with Crippen molar-refractivity contribution in [3.8, 4) is 0 Å². The number of nitrogens with one attached hydrogen (secondary N) is 1. The van der Waals surface area contributed by atoms with Gasteiger partial charge in [-0.25, -0.2) is 8.78 Å². The van der Waals surface area contributed by atoms with Crippen LogP contribution in [0.25, 0.3) is 0 Å². The molecule has 0 aliphatic carbocycles. The van der Waals surface area contributed by atoms with Crippen LogP contribution in [0.1, 0.15) is 59.4 Å². The van der Waals surface area contributed by atoms with Crippen LogP contribution < -0.4 is 10.2 Å². The van der Waals surface area contributed by atoms with Crippen molar-refractivity contribution >= 4 is 75.6 Å². The molecule has 13 heteroatoms. The van der Waals surface area contributed by atoms with Gasteiger partial charge in [-0.3, -0.25) is 19.3 Å². The maximum absolute atomic E-state index is 15.3. The van der Waals surface area contributed by atoms with Crippen LogP contribution in [0.5, 0.6) is 0 Å². The second-order valence-electron chi connectivity index (χ2n) is 14.0. The summed E-state index contributed by atoms with van der Waals surface area (Å²) in [4.78, 5) is 44.8. The van der Waals surface area contributed by atoms with Gasteiger partial charge in [0.15, 0.2) is 0 Å². The first-order valence-electron chi connectivity index (χ1n) is 14.7. The van der Waals surface area contributed by atoms with Crippen molar-refractivity contribution in [3.05, 3.63) is 56.0 Å². The number of carbonyl (C=O) groups is 3. The zero-order valence-electron chi connectivity index (χ0n) is 25.5. The van der Waals surface area contributed by atoms with Gasteiger partial charge in [0.1, 0.15) is 11.5 Å². The summed E-state index contributed by atoms with van der Waals surface area (Å²) >= 11 is 25.5. The lowest BCUT2D eigenvalue weighted by atomic mass is 9.72. The number of carboxylic acids is 1. The minimum absolute atomic E-state index is 0.0274. The molecule has 7 nitrogen and oxygen atoms in total. The zero-order chi connectivity index (χ0) is 33.4. The van der Waals surface area contributed by atoms with Crippen molar-refractivity contribution in [1.29, 1.82) is 0 Å². The molecule has 2 saturated heterocycles.